The molecule has 0 aliphatic heterocycles. The summed E-state index contributed by atoms with van der Waals surface area (Å²) in [5.41, 5.74) is 16.7. The van der Waals surface area contributed by atoms with Crippen LogP contribution in [0.4, 0.5) is 0 Å². The molecule has 0 amide bonds. The number of hydrogen-bond donors (Lipinski definition) is 0. The summed E-state index contributed by atoms with van der Waals surface area (Å²) in [4.78, 5) is 0. The fourth-order valence-electron chi connectivity index (χ4n) is 7.95. The molecule has 0 saturated heterocycles. The summed E-state index contributed by atoms with van der Waals surface area (Å²) in [7, 11) is 0. The number of aryl methyl sites for hydroxylation is 2. The SMILES string of the molecule is C=C(C)C1=C(C)C[C@@]2(C)C[C@@]3(C)Cc4c(C)cc(C)c(C)c4C(=C)C3=C(C)[C@@]2(C)C1=C. The summed E-state index contributed by atoms with van der Waals surface area (Å²) in [5, 5.41) is 0. The van der Waals surface area contributed by atoms with E-state index in [2.05, 4.69) is 75.0 Å². The number of allylic oxidation sites excluding steroid dienone is 7. The Hall–Kier alpha value is -2.08. The van der Waals surface area contributed by atoms with Gasteiger partial charge in [-0.25, -0.2) is 0 Å². The molecule has 0 heteroatoms. The Bertz CT molecular complexity index is 1150. The number of rotatable bonds is 1. The van der Waals surface area contributed by atoms with E-state index in [-0.39, 0.29) is 16.2 Å². The van der Waals surface area contributed by atoms with E-state index >= 15 is 0 Å². The molecule has 3 atom stereocenters. The molecule has 0 aromatic heterocycles. The van der Waals surface area contributed by atoms with Gasteiger partial charge >= 0.3 is 0 Å². The van der Waals surface area contributed by atoms with Gasteiger partial charge in [-0.2, -0.15) is 0 Å². The highest BCUT2D eigenvalue weighted by Gasteiger charge is 2.59. The molecule has 3 aliphatic rings. The maximum absolute atomic E-state index is 4.75. The van der Waals surface area contributed by atoms with Crippen molar-refractivity contribution in [2.45, 2.75) is 81.6 Å². The predicted octanol–water partition coefficient (Wildman–Crippen LogP) is 8.77. The Balaban J connectivity index is 2.04. The second kappa shape index (κ2) is 6.47. The van der Waals surface area contributed by atoms with Crippen LogP contribution in [0.1, 0.15) is 82.2 Å². The first kappa shape index (κ1) is 22.1. The molecule has 164 valence electrons. The average Bonchev–Trinajstić information content (AvgIpc) is 2.62. The summed E-state index contributed by atoms with van der Waals surface area (Å²) in [6, 6.07) is 2.37. The minimum absolute atomic E-state index is 0.0805. The molecule has 3 aliphatic carbocycles. The molecule has 0 unspecified atom stereocenters. The molecular weight excluding hydrogens is 372 g/mol. The predicted molar refractivity (Wildman–Crippen MR) is 136 cm³/mol. The Labute approximate surface area is 190 Å². The average molecular weight is 413 g/mol. The zero-order chi connectivity index (χ0) is 23.3. The van der Waals surface area contributed by atoms with Crippen molar-refractivity contribution in [3.05, 3.63) is 87.1 Å². The van der Waals surface area contributed by atoms with Crippen molar-refractivity contribution in [2.75, 3.05) is 0 Å². The normalized spacial score (nSPS) is 32.7. The second-order valence-corrected chi connectivity index (χ2v) is 11.7. The lowest BCUT2D eigenvalue weighted by molar-refractivity contribution is 0.0543. The van der Waals surface area contributed by atoms with Gasteiger partial charge in [-0.15, -0.1) is 0 Å². The number of hydrogen-bond acceptors (Lipinski definition) is 0. The van der Waals surface area contributed by atoms with Crippen molar-refractivity contribution in [2.24, 2.45) is 16.2 Å². The lowest BCUT2D eigenvalue weighted by Crippen LogP contribution is -2.52. The van der Waals surface area contributed by atoms with Gasteiger partial charge in [0.2, 0.25) is 0 Å². The molecule has 0 radical (unpaired) electrons. The van der Waals surface area contributed by atoms with E-state index in [1.54, 1.807) is 0 Å². The molecule has 0 N–H and O–H groups in total. The summed E-state index contributed by atoms with van der Waals surface area (Å²) < 4.78 is 0. The van der Waals surface area contributed by atoms with Gasteiger partial charge < -0.3 is 0 Å². The molecule has 0 fully saturated rings. The van der Waals surface area contributed by atoms with E-state index in [1.165, 1.54) is 61.3 Å². The van der Waals surface area contributed by atoms with E-state index in [0.717, 1.165) is 24.8 Å². The zero-order valence-corrected chi connectivity index (χ0v) is 21.3. The van der Waals surface area contributed by atoms with Crippen molar-refractivity contribution in [3.8, 4) is 0 Å². The van der Waals surface area contributed by atoms with Crippen LogP contribution in [0.2, 0.25) is 0 Å². The van der Waals surface area contributed by atoms with Crippen LogP contribution >= 0.6 is 0 Å². The van der Waals surface area contributed by atoms with Crippen LogP contribution in [0.25, 0.3) is 5.57 Å². The maximum Gasteiger partial charge on any atom is 0.0194 e. The number of benzene rings is 1. The Kier molecular flexibility index (Phi) is 4.62. The lowest BCUT2D eigenvalue weighted by atomic mass is 9.41. The maximum atomic E-state index is 4.75. The van der Waals surface area contributed by atoms with Gasteiger partial charge in [-0.3, -0.25) is 0 Å². The van der Waals surface area contributed by atoms with E-state index in [0.29, 0.717) is 0 Å². The molecule has 1 aromatic rings. The second-order valence-electron chi connectivity index (χ2n) is 11.7. The van der Waals surface area contributed by atoms with Gasteiger partial charge in [-0.1, -0.05) is 63.3 Å². The molecule has 0 nitrogen and oxygen atoms in total. The van der Waals surface area contributed by atoms with Crippen molar-refractivity contribution < 1.29 is 0 Å². The summed E-state index contributed by atoms with van der Waals surface area (Å²) in [5.74, 6) is 0. The quantitative estimate of drug-likeness (QED) is 0.432. The third kappa shape index (κ3) is 2.60. The lowest BCUT2D eigenvalue weighted by Gasteiger charge is -2.62. The molecule has 31 heavy (non-hydrogen) atoms. The van der Waals surface area contributed by atoms with Gasteiger partial charge in [0.25, 0.3) is 0 Å². The van der Waals surface area contributed by atoms with Gasteiger partial charge in [0.15, 0.2) is 0 Å². The van der Waals surface area contributed by atoms with Crippen molar-refractivity contribution in [1.82, 2.24) is 0 Å². The third-order valence-electron chi connectivity index (χ3n) is 9.48. The van der Waals surface area contributed by atoms with Crippen LogP contribution in [0.15, 0.2) is 59.2 Å². The van der Waals surface area contributed by atoms with Crippen LogP contribution in [-0.2, 0) is 6.42 Å². The molecule has 0 saturated carbocycles. The molecular formula is C31H40. The molecule has 0 heterocycles. The van der Waals surface area contributed by atoms with Crippen molar-refractivity contribution >= 4 is 5.57 Å². The summed E-state index contributed by atoms with van der Waals surface area (Å²) in [6.07, 6.45) is 3.37. The first-order valence-electron chi connectivity index (χ1n) is 11.8. The topological polar surface area (TPSA) is 0 Å². The first-order chi connectivity index (χ1) is 14.2. The fourth-order valence-corrected chi connectivity index (χ4v) is 7.95. The van der Waals surface area contributed by atoms with Gasteiger partial charge in [-0.05, 0) is 122 Å². The molecule has 4 rings (SSSR count). The standard InChI is InChI=1S/C31H40/c1-17(2)26-20(5)14-30(11)16-29(10)15-25-19(4)13-18(3)21(6)27(25)22(7)28(29)24(9)31(30,12)23(26)8/h13H,1,7-8,14-16H2,2-6,9-12H3/t29-,30+,31-/m1/s1. The van der Waals surface area contributed by atoms with E-state index < -0.39 is 0 Å². The highest BCUT2D eigenvalue weighted by Crippen LogP contribution is 2.70. The van der Waals surface area contributed by atoms with E-state index in [9.17, 15) is 0 Å². The molecule has 1 aromatic carbocycles. The van der Waals surface area contributed by atoms with Crippen LogP contribution in [0, 0.1) is 37.0 Å². The van der Waals surface area contributed by atoms with Gasteiger partial charge in [0.05, 0.1) is 0 Å². The summed E-state index contributed by atoms with van der Waals surface area (Å²) >= 11 is 0. The minimum Gasteiger partial charge on any atom is -0.0955 e. The monoisotopic (exact) mass is 412 g/mol. The fraction of sp³-hybridized carbons (Fsp3) is 0.484. The van der Waals surface area contributed by atoms with Crippen LogP contribution < -0.4 is 0 Å². The van der Waals surface area contributed by atoms with Crippen LogP contribution in [-0.4, -0.2) is 0 Å². The van der Waals surface area contributed by atoms with Gasteiger partial charge in [0.1, 0.15) is 0 Å². The largest absolute Gasteiger partial charge is 0.0955 e. The van der Waals surface area contributed by atoms with E-state index in [1.807, 2.05) is 0 Å². The Morgan fingerprint density at radius 1 is 0.935 bits per heavy atom. The Morgan fingerprint density at radius 3 is 2.13 bits per heavy atom. The zero-order valence-electron chi connectivity index (χ0n) is 21.3. The van der Waals surface area contributed by atoms with Crippen LogP contribution in [0.3, 0.4) is 0 Å². The first-order valence-corrected chi connectivity index (χ1v) is 11.8. The summed E-state index contributed by atoms with van der Waals surface area (Å²) in [6.45, 7) is 34.8. The highest BCUT2D eigenvalue weighted by molar-refractivity contribution is 5.87. The highest BCUT2D eigenvalue weighted by atomic mass is 14.6. The minimum atomic E-state index is -0.0805. The Morgan fingerprint density at radius 2 is 1.55 bits per heavy atom. The van der Waals surface area contributed by atoms with Crippen molar-refractivity contribution in [3.63, 3.8) is 0 Å². The van der Waals surface area contributed by atoms with Crippen molar-refractivity contribution in [1.29, 1.82) is 0 Å². The van der Waals surface area contributed by atoms with Crippen LogP contribution in [0.5, 0.6) is 0 Å². The molecule has 0 bridgehead atoms. The number of fused-ring (bicyclic) bond motifs is 3. The van der Waals surface area contributed by atoms with Gasteiger partial charge in [0, 0.05) is 5.41 Å². The van der Waals surface area contributed by atoms with E-state index in [4.69, 9.17) is 13.2 Å². The smallest absolute Gasteiger partial charge is 0.0194 e. The third-order valence-corrected chi connectivity index (χ3v) is 9.48. The molecule has 0 spiro atoms.